The van der Waals surface area contributed by atoms with E-state index in [4.69, 9.17) is 29.0 Å². The smallest absolute Gasteiger partial charge is 0.475 e. The number of hydrogen-bond acceptors (Lipinski definition) is 7. The molecule has 4 heterocycles. The standard InChI is InChI=1S/C18H26N4O2.2C2HF3O2/c1-20-13-15(12-19-20)11-18-17(21-6-9-23-10-7-21)4-5-22(18)14-16-3-2-8-24-16;2*3-2(4,5)1(6)7/h2-3,8,12-13,17-18H,4-7,9-11,14H2,1H3;2*(H,6,7)/t17-,18+;;/m1../s1. The SMILES string of the molecule is Cn1cc(C[C@H]2[C@H](N3CCOCC3)CCN2Cc2ccco2)cn1.O=C(O)C(F)(F)F.O=C(O)C(F)(F)F. The maximum absolute atomic E-state index is 10.6. The zero-order chi connectivity index (χ0) is 28.5. The predicted octanol–water partition coefficient (Wildman–Crippen LogP) is 2.80. The number of likely N-dealkylation sites (tertiary alicyclic amines) is 1. The van der Waals surface area contributed by atoms with Crippen molar-refractivity contribution in [2.75, 3.05) is 32.8 Å². The fourth-order valence-electron chi connectivity index (χ4n) is 4.12. The van der Waals surface area contributed by atoms with E-state index in [0.717, 1.165) is 51.6 Å². The van der Waals surface area contributed by atoms with Gasteiger partial charge in [-0.15, -0.1) is 0 Å². The van der Waals surface area contributed by atoms with E-state index in [-0.39, 0.29) is 0 Å². The Balaban J connectivity index is 0.000000301. The Kier molecular flexibility index (Phi) is 11.1. The van der Waals surface area contributed by atoms with E-state index in [1.807, 2.05) is 24.0 Å². The average Bonchev–Trinajstić information content (AvgIpc) is 3.57. The third-order valence-electron chi connectivity index (χ3n) is 5.77. The molecule has 0 spiro atoms. The maximum Gasteiger partial charge on any atom is 0.490 e. The van der Waals surface area contributed by atoms with E-state index in [9.17, 15) is 26.3 Å². The van der Waals surface area contributed by atoms with Crippen molar-refractivity contribution in [1.29, 1.82) is 0 Å². The molecule has 214 valence electrons. The van der Waals surface area contributed by atoms with E-state index >= 15 is 0 Å². The summed E-state index contributed by atoms with van der Waals surface area (Å²) in [5.74, 6) is -4.46. The minimum atomic E-state index is -5.08. The highest BCUT2D eigenvalue weighted by Gasteiger charge is 2.39. The molecule has 0 radical (unpaired) electrons. The quantitative estimate of drug-likeness (QED) is 0.534. The topological polar surface area (TPSA) is 121 Å². The highest BCUT2D eigenvalue weighted by Crippen LogP contribution is 2.28. The zero-order valence-electron chi connectivity index (χ0n) is 20.3. The first-order chi connectivity index (χ1) is 17.7. The summed E-state index contributed by atoms with van der Waals surface area (Å²) >= 11 is 0. The van der Waals surface area contributed by atoms with E-state index < -0.39 is 24.3 Å². The van der Waals surface area contributed by atoms with Crippen LogP contribution < -0.4 is 0 Å². The first kappa shape index (κ1) is 31.1. The molecule has 0 saturated carbocycles. The van der Waals surface area contributed by atoms with Crippen LogP contribution in [0.2, 0.25) is 0 Å². The van der Waals surface area contributed by atoms with Gasteiger partial charge in [0.2, 0.25) is 0 Å². The number of aliphatic carboxylic acids is 2. The summed E-state index contributed by atoms with van der Waals surface area (Å²) in [5.41, 5.74) is 1.31. The highest BCUT2D eigenvalue weighted by atomic mass is 19.4. The van der Waals surface area contributed by atoms with Crippen molar-refractivity contribution in [2.45, 2.75) is 43.8 Å². The van der Waals surface area contributed by atoms with Crippen LogP contribution in [0.15, 0.2) is 35.2 Å². The minimum Gasteiger partial charge on any atom is -0.475 e. The van der Waals surface area contributed by atoms with Crippen LogP contribution in [0.1, 0.15) is 17.7 Å². The summed E-state index contributed by atoms with van der Waals surface area (Å²) in [4.78, 5) is 23.0. The Labute approximate surface area is 213 Å². The maximum atomic E-state index is 10.6. The Morgan fingerprint density at radius 3 is 2.08 bits per heavy atom. The summed E-state index contributed by atoms with van der Waals surface area (Å²) in [6.07, 6.45) is -2.01. The molecule has 0 amide bonds. The molecule has 0 aromatic carbocycles. The lowest BCUT2D eigenvalue weighted by Crippen LogP contribution is -2.50. The molecular formula is C22H28F6N4O6. The first-order valence-electron chi connectivity index (χ1n) is 11.3. The monoisotopic (exact) mass is 558 g/mol. The minimum absolute atomic E-state index is 0.498. The number of carbonyl (C=O) groups is 2. The summed E-state index contributed by atoms with van der Waals surface area (Å²) in [6, 6.07) is 5.13. The molecule has 2 saturated heterocycles. The second-order valence-electron chi connectivity index (χ2n) is 8.45. The van der Waals surface area contributed by atoms with Gasteiger partial charge in [-0.3, -0.25) is 14.5 Å². The predicted molar refractivity (Wildman–Crippen MR) is 118 cm³/mol. The van der Waals surface area contributed by atoms with E-state index in [0.29, 0.717) is 12.1 Å². The van der Waals surface area contributed by atoms with Crippen molar-refractivity contribution < 1.29 is 55.3 Å². The molecule has 2 aliphatic heterocycles. The lowest BCUT2D eigenvalue weighted by Gasteiger charge is -2.37. The summed E-state index contributed by atoms with van der Waals surface area (Å²) in [5, 5.41) is 18.6. The van der Waals surface area contributed by atoms with Crippen LogP contribution in [0.5, 0.6) is 0 Å². The Morgan fingerprint density at radius 1 is 1.05 bits per heavy atom. The first-order valence-corrected chi connectivity index (χ1v) is 11.3. The fourth-order valence-corrected chi connectivity index (χ4v) is 4.12. The van der Waals surface area contributed by atoms with Gasteiger partial charge >= 0.3 is 24.3 Å². The number of halogens is 6. The second-order valence-corrected chi connectivity index (χ2v) is 8.45. The zero-order valence-corrected chi connectivity index (χ0v) is 20.3. The van der Waals surface area contributed by atoms with E-state index in [1.165, 1.54) is 12.0 Å². The Morgan fingerprint density at radius 2 is 1.63 bits per heavy atom. The van der Waals surface area contributed by atoms with Crippen molar-refractivity contribution in [1.82, 2.24) is 19.6 Å². The number of nitrogens with zero attached hydrogens (tertiary/aromatic N) is 4. The summed E-state index contributed by atoms with van der Waals surface area (Å²) in [6.45, 7) is 5.81. The molecule has 10 nitrogen and oxygen atoms in total. The van der Waals surface area contributed by atoms with Gasteiger partial charge in [0.05, 0.1) is 32.2 Å². The van der Waals surface area contributed by atoms with Gasteiger partial charge in [-0.1, -0.05) is 0 Å². The molecule has 2 fully saturated rings. The molecular weight excluding hydrogens is 530 g/mol. The van der Waals surface area contributed by atoms with Crippen molar-refractivity contribution in [2.24, 2.45) is 7.05 Å². The van der Waals surface area contributed by atoms with Gasteiger partial charge in [-0.2, -0.15) is 31.4 Å². The Bertz CT molecular complexity index is 981. The summed E-state index contributed by atoms with van der Waals surface area (Å²) in [7, 11) is 1.98. The van der Waals surface area contributed by atoms with Gasteiger partial charge in [0.25, 0.3) is 0 Å². The molecule has 16 heteroatoms. The number of aromatic nitrogens is 2. The van der Waals surface area contributed by atoms with Crippen LogP contribution in [-0.2, 0) is 34.3 Å². The molecule has 2 aliphatic rings. The number of hydrogen-bond donors (Lipinski definition) is 2. The van der Waals surface area contributed by atoms with Gasteiger partial charge in [0.1, 0.15) is 5.76 Å². The fraction of sp³-hybridized carbons (Fsp3) is 0.591. The number of alkyl halides is 6. The number of aryl methyl sites for hydroxylation is 1. The Hall–Kier alpha value is -3.11. The van der Waals surface area contributed by atoms with E-state index in [1.54, 1.807) is 6.26 Å². The number of ether oxygens (including phenoxy) is 1. The molecule has 0 unspecified atom stereocenters. The van der Waals surface area contributed by atoms with Crippen LogP contribution in [0, 0.1) is 0 Å². The molecule has 38 heavy (non-hydrogen) atoms. The molecule has 2 aromatic rings. The molecule has 0 bridgehead atoms. The number of carboxylic acid groups (broad SMARTS) is 2. The molecule has 2 N–H and O–H groups in total. The van der Waals surface area contributed by atoms with Crippen LogP contribution in [-0.4, -0.2) is 99.0 Å². The van der Waals surface area contributed by atoms with Crippen molar-refractivity contribution >= 4 is 11.9 Å². The summed E-state index contributed by atoms with van der Waals surface area (Å²) < 4.78 is 76.5. The molecule has 0 aliphatic carbocycles. The van der Waals surface area contributed by atoms with Crippen molar-refractivity contribution in [3.8, 4) is 0 Å². The van der Waals surface area contributed by atoms with Crippen molar-refractivity contribution in [3.05, 3.63) is 42.1 Å². The molecule has 2 aromatic heterocycles. The number of rotatable bonds is 5. The lowest BCUT2D eigenvalue weighted by atomic mass is 10.00. The second kappa shape index (κ2) is 13.6. The van der Waals surface area contributed by atoms with Crippen molar-refractivity contribution in [3.63, 3.8) is 0 Å². The van der Waals surface area contributed by atoms with Gasteiger partial charge in [-0.05, 0) is 30.5 Å². The van der Waals surface area contributed by atoms with Crippen LogP contribution in [0.3, 0.4) is 0 Å². The van der Waals surface area contributed by atoms with Crippen LogP contribution >= 0.6 is 0 Å². The number of furan rings is 1. The van der Waals surface area contributed by atoms with Gasteiger partial charge in [0.15, 0.2) is 0 Å². The van der Waals surface area contributed by atoms with Gasteiger partial charge < -0.3 is 19.4 Å². The van der Waals surface area contributed by atoms with Crippen LogP contribution in [0.25, 0.3) is 0 Å². The van der Waals surface area contributed by atoms with E-state index in [2.05, 4.69) is 27.2 Å². The van der Waals surface area contributed by atoms with Gasteiger partial charge in [0, 0.05) is 45.0 Å². The van der Waals surface area contributed by atoms with Gasteiger partial charge in [-0.25, -0.2) is 9.59 Å². The third kappa shape index (κ3) is 9.98. The number of carboxylic acids is 2. The molecule has 2 atom stereocenters. The third-order valence-corrected chi connectivity index (χ3v) is 5.77. The highest BCUT2D eigenvalue weighted by molar-refractivity contribution is 5.73. The molecule has 4 rings (SSSR count). The van der Waals surface area contributed by atoms with Crippen LogP contribution in [0.4, 0.5) is 26.3 Å². The average molecular weight is 558 g/mol. The number of morpholine rings is 1. The lowest BCUT2D eigenvalue weighted by molar-refractivity contribution is -0.193. The normalized spacial score (nSPS) is 20.7. The largest absolute Gasteiger partial charge is 0.490 e.